The third kappa shape index (κ3) is 5.31. The summed E-state index contributed by atoms with van der Waals surface area (Å²) in [5.41, 5.74) is 4.14. The summed E-state index contributed by atoms with van der Waals surface area (Å²) in [5.74, 6) is 0.396. The lowest BCUT2D eigenvalue weighted by molar-refractivity contribution is 0.0525. The van der Waals surface area contributed by atoms with Gasteiger partial charge in [-0.2, -0.15) is 0 Å². The Balaban J connectivity index is 1.41. The van der Waals surface area contributed by atoms with E-state index < -0.39 is 0 Å². The highest BCUT2D eigenvalue weighted by Crippen LogP contribution is 2.28. The number of benzene rings is 1. The van der Waals surface area contributed by atoms with Gasteiger partial charge in [-0.3, -0.25) is 14.7 Å². The van der Waals surface area contributed by atoms with Gasteiger partial charge in [-0.15, -0.1) is 0 Å². The number of likely N-dealkylation sites (tertiary alicyclic amines) is 1. The van der Waals surface area contributed by atoms with Gasteiger partial charge >= 0.3 is 6.03 Å². The lowest BCUT2D eigenvalue weighted by Gasteiger charge is -2.46. The van der Waals surface area contributed by atoms with Crippen LogP contribution < -0.4 is 5.32 Å². The Morgan fingerprint density at radius 2 is 1.88 bits per heavy atom. The van der Waals surface area contributed by atoms with Crippen LogP contribution in [0.5, 0.6) is 0 Å². The molecule has 1 atom stereocenters. The number of amides is 3. The number of anilines is 1. The number of rotatable bonds is 4. The van der Waals surface area contributed by atoms with Crippen LogP contribution in [0, 0.1) is 19.8 Å². The van der Waals surface area contributed by atoms with E-state index in [4.69, 9.17) is 11.6 Å². The van der Waals surface area contributed by atoms with Crippen molar-refractivity contribution in [3.63, 3.8) is 0 Å². The number of pyridine rings is 1. The highest BCUT2D eigenvalue weighted by molar-refractivity contribution is 6.31. The smallest absolute Gasteiger partial charge is 0.320 e. The quantitative estimate of drug-likeness (QED) is 0.729. The zero-order chi connectivity index (χ0) is 23.7. The van der Waals surface area contributed by atoms with Crippen LogP contribution in [0.4, 0.5) is 10.5 Å². The van der Waals surface area contributed by atoms with Gasteiger partial charge in [0.2, 0.25) is 0 Å². The van der Waals surface area contributed by atoms with E-state index in [-0.39, 0.29) is 18.0 Å². The molecular weight excluding hydrogens is 438 g/mol. The Kier molecular flexibility index (Phi) is 6.91. The van der Waals surface area contributed by atoms with Gasteiger partial charge in [0.25, 0.3) is 5.91 Å². The SMILES string of the molecule is Cc1ccc(C(=O)Nc2cc(Cl)cc(CN3CCN(C(=O)N4CC(C)C4)C(C)C3)c2C)cn1. The van der Waals surface area contributed by atoms with Gasteiger partial charge in [0.1, 0.15) is 0 Å². The topological polar surface area (TPSA) is 68.8 Å². The van der Waals surface area contributed by atoms with Crippen LogP contribution >= 0.6 is 11.6 Å². The standard InChI is InChI=1S/C25H32ClN5O2/c1-16-12-30(13-16)25(33)31-8-7-29(14-18(31)3)15-21-9-22(26)10-23(19(21)4)28-24(32)20-6-5-17(2)27-11-20/h5-6,9-11,16,18H,7-8,12-15H2,1-4H3,(H,28,32). The Hall–Kier alpha value is -2.64. The van der Waals surface area contributed by atoms with Crippen LogP contribution in [-0.4, -0.2) is 70.4 Å². The first kappa shape index (κ1) is 23.5. The molecular formula is C25H32ClN5O2. The first-order valence-corrected chi connectivity index (χ1v) is 11.9. The van der Waals surface area contributed by atoms with E-state index in [9.17, 15) is 9.59 Å². The van der Waals surface area contributed by atoms with E-state index >= 15 is 0 Å². The van der Waals surface area contributed by atoms with Gasteiger partial charge in [0, 0.05) is 67.9 Å². The predicted molar refractivity (Wildman–Crippen MR) is 131 cm³/mol. The maximum absolute atomic E-state index is 12.8. The second kappa shape index (κ2) is 9.69. The summed E-state index contributed by atoms with van der Waals surface area (Å²) in [4.78, 5) is 35.9. The number of hydrogen-bond acceptors (Lipinski definition) is 4. The molecule has 2 aromatic rings. The van der Waals surface area contributed by atoms with Gasteiger partial charge in [-0.05, 0) is 62.1 Å². The van der Waals surface area contributed by atoms with Crippen molar-refractivity contribution in [2.45, 2.75) is 40.3 Å². The van der Waals surface area contributed by atoms with Crippen molar-refractivity contribution in [2.24, 2.45) is 5.92 Å². The summed E-state index contributed by atoms with van der Waals surface area (Å²) in [6.45, 7) is 12.9. The lowest BCUT2D eigenvalue weighted by atomic mass is 10.0. The van der Waals surface area contributed by atoms with E-state index in [1.165, 1.54) is 0 Å². The fourth-order valence-corrected chi connectivity index (χ4v) is 4.81. The molecule has 2 fully saturated rings. The number of urea groups is 1. The summed E-state index contributed by atoms with van der Waals surface area (Å²) in [6, 6.07) is 7.64. The second-order valence-electron chi connectivity index (χ2n) is 9.45. The van der Waals surface area contributed by atoms with Crippen molar-refractivity contribution in [3.8, 4) is 0 Å². The second-order valence-corrected chi connectivity index (χ2v) is 9.89. The van der Waals surface area contributed by atoms with Gasteiger partial charge in [0.05, 0.1) is 5.56 Å². The van der Waals surface area contributed by atoms with E-state index in [0.29, 0.717) is 35.3 Å². The van der Waals surface area contributed by atoms with Crippen molar-refractivity contribution in [1.82, 2.24) is 19.7 Å². The number of piperazine rings is 1. The van der Waals surface area contributed by atoms with Crippen LogP contribution in [-0.2, 0) is 6.54 Å². The molecule has 0 radical (unpaired) electrons. The number of carbonyl (C=O) groups is 2. The molecule has 8 heteroatoms. The van der Waals surface area contributed by atoms with Crippen molar-refractivity contribution >= 4 is 29.2 Å². The average Bonchev–Trinajstić information content (AvgIpc) is 2.75. The summed E-state index contributed by atoms with van der Waals surface area (Å²) in [5, 5.41) is 3.57. The number of aromatic nitrogens is 1. The zero-order valence-corrected chi connectivity index (χ0v) is 20.5. The molecule has 33 heavy (non-hydrogen) atoms. The fourth-order valence-electron chi connectivity index (χ4n) is 4.56. The first-order valence-electron chi connectivity index (χ1n) is 11.5. The largest absolute Gasteiger partial charge is 0.324 e. The van der Waals surface area contributed by atoms with Gasteiger partial charge in [0.15, 0.2) is 0 Å². The molecule has 3 heterocycles. The average molecular weight is 470 g/mol. The van der Waals surface area contributed by atoms with Crippen LogP contribution in [0.15, 0.2) is 30.5 Å². The van der Waals surface area contributed by atoms with Crippen LogP contribution in [0.2, 0.25) is 5.02 Å². The maximum Gasteiger partial charge on any atom is 0.320 e. The van der Waals surface area contributed by atoms with Crippen molar-refractivity contribution in [3.05, 3.63) is 57.9 Å². The molecule has 0 spiro atoms. The molecule has 0 aliphatic carbocycles. The molecule has 4 rings (SSSR count). The normalized spacial score (nSPS) is 19.4. The number of hydrogen-bond donors (Lipinski definition) is 1. The minimum Gasteiger partial charge on any atom is -0.324 e. The summed E-state index contributed by atoms with van der Waals surface area (Å²) in [7, 11) is 0. The van der Waals surface area contributed by atoms with Crippen LogP contribution in [0.25, 0.3) is 0 Å². The monoisotopic (exact) mass is 469 g/mol. The van der Waals surface area contributed by atoms with Crippen molar-refractivity contribution in [1.29, 1.82) is 0 Å². The fraction of sp³-hybridized carbons (Fsp3) is 0.480. The third-order valence-electron chi connectivity index (χ3n) is 6.59. The number of carbonyl (C=O) groups excluding carboxylic acids is 2. The van der Waals surface area contributed by atoms with E-state index in [1.54, 1.807) is 18.3 Å². The molecule has 0 bridgehead atoms. The molecule has 1 aromatic heterocycles. The summed E-state index contributed by atoms with van der Waals surface area (Å²) < 4.78 is 0. The molecule has 1 unspecified atom stereocenters. The van der Waals surface area contributed by atoms with E-state index in [1.807, 2.05) is 35.8 Å². The number of aryl methyl sites for hydroxylation is 1. The number of nitrogens with zero attached hydrogens (tertiary/aromatic N) is 4. The first-order chi connectivity index (χ1) is 15.7. The minimum atomic E-state index is -0.208. The van der Waals surface area contributed by atoms with E-state index in [2.05, 4.69) is 29.0 Å². The highest BCUT2D eigenvalue weighted by atomic mass is 35.5. The summed E-state index contributed by atoms with van der Waals surface area (Å²) in [6.07, 6.45) is 1.58. The number of nitrogens with one attached hydrogen (secondary N) is 1. The summed E-state index contributed by atoms with van der Waals surface area (Å²) >= 11 is 6.41. The van der Waals surface area contributed by atoms with E-state index in [0.717, 1.165) is 43.0 Å². The molecule has 1 aromatic carbocycles. The van der Waals surface area contributed by atoms with Crippen LogP contribution in [0.3, 0.4) is 0 Å². The van der Waals surface area contributed by atoms with Crippen molar-refractivity contribution in [2.75, 3.05) is 38.0 Å². The zero-order valence-electron chi connectivity index (χ0n) is 19.8. The van der Waals surface area contributed by atoms with Crippen LogP contribution in [0.1, 0.15) is 41.0 Å². The minimum absolute atomic E-state index is 0.148. The maximum atomic E-state index is 12.8. The Labute approximate surface area is 200 Å². The molecule has 3 amide bonds. The molecule has 176 valence electrons. The molecule has 2 aliphatic rings. The van der Waals surface area contributed by atoms with Gasteiger partial charge in [-0.25, -0.2) is 4.79 Å². The van der Waals surface area contributed by atoms with Gasteiger partial charge < -0.3 is 15.1 Å². The third-order valence-corrected chi connectivity index (χ3v) is 6.81. The lowest BCUT2D eigenvalue weighted by Crippen LogP contribution is -2.60. The molecule has 2 saturated heterocycles. The highest BCUT2D eigenvalue weighted by Gasteiger charge is 2.35. The van der Waals surface area contributed by atoms with Gasteiger partial charge in [-0.1, -0.05) is 18.5 Å². The Bertz CT molecular complexity index is 1040. The molecule has 1 N–H and O–H groups in total. The van der Waals surface area contributed by atoms with Crippen molar-refractivity contribution < 1.29 is 9.59 Å². The molecule has 0 saturated carbocycles. The molecule has 2 aliphatic heterocycles. The molecule has 7 nitrogen and oxygen atoms in total. The number of halogens is 1. The predicted octanol–water partition coefficient (Wildman–Crippen LogP) is 4.18. The Morgan fingerprint density at radius 1 is 1.12 bits per heavy atom. The Morgan fingerprint density at radius 3 is 2.52 bits per heavy atom.